The molecule has 6 heteroatoms. The lowest BCUT2D eigenvalue weighted by Crippen LogP contribution is -2.26. The van der Waals surface area contributed by atoms with E-state index in [1.165, 1.54) is 31.4 Å². The fourth-order valence-corrected chi connectivity index (χ4v) is 5.10. The normalized spacial score (nSPS) is 24.2. The molecule has 2 fully saturated rings. The number of nitrogens with one attached hydrogen (secondary N) is 1. The van der Waals surface area contributed by atoms with Gasteiger partial charge < -0.3 is 5.32 Å². The summed E-state index contributed by atoms with van der Waals surface area (Å²) in [6.45, 7) is 4.37. The molecular weight excluding hydrogens is 336 g/mol. The van der Waals surface area contributed by atoms with Crippen molar-refractivity contribution in [1.82, 2.24) is 24.7 Å². The number of pyridine rings is 1. The fraction of sp³-hybridized carbons (Fsp3) is 0.524. The van der Waals surface area contributed by atoms with Gasteiger partial charge in [0.2, 0.25) is 5.95 Å². The highest BCUT2D eigenvalue weighted by atomic mass is 15.3. The van der Waals surface area contributed by atoms with Gasteiger partial charge in [0, 0.05) is 36.4 Å². The number of anilines is 1. The molecule has 2 bridgehead atoms. The number of hydrogen-bond donors (Lipinski definition) is 1. The van der Waals surface area contributed by atoms with Gasteiger partial charge in [0.1, 0.15) is 0 Å². The van der Waals surface area contributed by atoms with Crippen LogP contribution in [0.3, 0.4) is 0 Å². The highest BCUT2D eigenvalue weighted by molar-refractivity contribution is 5.83. The van der Waals surface area contributed by atoms with Crippen LogP contribution in [-0.4, -0.2) is 30.8 Å². The lowest BCUT2D eigenvalue weighted by atomic mass is 9.95. The number of fused-ring (bicyclic) bond motifs is 3. The molecule has 0 saturated heterocycles. The van der Waals surface area contributed by atoms with Gasteiger partial charge in [-0.2, -0.15) is 5.10 Å². The molecule has 0 radical (unpaired) electrons. The Morgan fingerprint density at radius 2 is 2.07 bits per heavy atom. The molecule has 27 heavy (non-hydrogen) atoms. The Morgan fingerprint density at radius 3 is 2.81 bits per heavy atom. The smallest absolute Gasteiger partial charge is 0.223 e. The van der Waals surface area contributed by atoms with Gasteiger partial charge in [0.25, 0.3) is 0 Å². The molecule has 0 spiro atoms. The number of nitrogens with zero attached hydrogens (tertiary/aromatic N) is 5. The second kappa shape index (κ2) is 6.29. The third-order valence-corrected chi connectivity index (χ3v) is 6.29. The van der Waals surface area contributed by atoms with E-state index in [1.54, 1.807) is 0 Å². The Hall–Kier alpha value is -2.50. The molecule has 0 aliphatic heterocycles. The van der Waals surface area contributed by atoms with Gasteiger partial charge in [-0.15, -0.1) is 0 Å². The van der Waals surface area contributed by atoms with Crippen molar-refractivity contribution in [3.05, 3.63) is 30.2 Å². The van der Waals surface area contributed by atoms with Crippen LogP contribution >= 0.6 is 0 Å². The van der Waals surface area contributed by atoms with Crippen LogP contribution in [0.1, 0.15) is 51.1 Å². The molecule has 2 saturated carbocycles. The highest BCUT2D eigenvalue weighted by Crippen LogP contribution is 2.45. The summed E-state index contributed by atoms with van der Waals surface area (Å²) in [5, 5.41) is 9.23. The van der Waals surface area contributed by atoms with E-state index in [9.17, 15) is 0 Å². The molecule has 3 heterocycles. The first-order valence-electron chi connectivity index (χ1n) is 10.0. The average Bonchev–Trinajstić information content (AvgIpc) is 3.34. The largest absolute Gasteiger partial charge is 0.351 e. The molecule has 1 unspecified atom stereocenters. The maximum absolute atomic E-state index is 4.79. The standard InChI is InChI=1S/C21H26N6/c1-12(2)19-16-10-15(11-23-20(16)26-27(19)3)17-6-7-22-21(24-17)25-18-9-13-4-5-14(18)8-13/h6-7,10-14,18H,4-5,8-9H2,1-3H3,(H,22,24,25)/t13-,14?,18+/m1/s1. The number of hydrogen-bond acceptors (Lipinski definition) is 5. The third kappa shape index (κ3) is 2.87. The minimum absolute atomic E-state index is 0.387. The zero-order valence-electron chi connectivity index (χ0n) is 16.2. The molecule has 3 atom stereocenters. The number of aryl methyl sites for hydroxylation is 1. The summed E-state index contributed by atoms with van der Waals surface area (Å²) in [4.78, 5) is 13.8. The predicted molar refractivity (Wildman–Crippen MR) is 106 cm³/mol. The summed E-state index contributed by atoms with van der Waals surface area (Å²) < 4.78 is 1.94. The van der Waals surface area contributed by atoms with Crippen LogP contribution in [0.25, 0.3) is 22.3 Å². The summed E-state index contributed by atoms with van der Waals surface area (Å²) in [5.74, 6) is 2.82. The molecule has 3 aromatic heterocycles. The van der Waals surface area contributed by atoms with E-state index < -0.39 is 0 Å². The molecule has 1 N–H and O–H groups in total. The summed E-state index contributed by atoms with van der Waals surface area (Å²) in [6.07, 6.45) is 9.09. The van der Waals surface area contributed by atoms with Crippen LogP contribution in [0, 0.1) is 11.8 Å². The Kier molecular flexibility index (Phi) is 3.88. The molecule has 3 aromatic rings. The van der Waals surface area contributed by atoms with Crippen molar-refractivity contribution in [3.8, 4) is 11.3 Å². The van der Waals surface area contributed by atoms with Crippen LogP contribution in [-0.2, 0) is 7.05 Å². The van der Waals surface area contributed by atoms with Crippen molar-refractivity contribution < 1.29 is 0 Å². The maximum atomic E-state index is 4.79. The van der Waals surface area contributed by atoms with Crippen molar-refractivity contribution in [2.75, 3.05) is 5.32 Å². The predicted octanol–water partition coefficient (Wildman–Crippen LogP) is 4.15. The lowest BCUT2D eigenvalue weighted by molar-refractivity contribution is 0.438. The Bertz CT molecular complexity index is 992. The van der Waals surface area contributed by atoms with Crippen LogP contribution in [0.5, 0.6) is 0 Å². The minimum atomic E-state index is 0.387. The first-order chi connectivity index (χ1) is 13.1. The van der Waals surface area contributed by atoms with Crippen molar-refractivity contribution in [1.29, 1.82) is 0 Å². The van der Waals surface area contributed by atoms with Crippen LogP contribution < -0.4 is 5.32 Å². The first-order valence-corrected chi connectivity index (χ1v) is 10.0. The van der Waals surface area contributed by atoms with E-state index in [0.717, 1.165) is 40.1 Å². The SMILES string of the molecule is CC(C)c1c2cc(-c3ccnc(N[C@H]4C[C@@H]5CCC4C5)n3)cnc2nn1C. The van der Waals surface area contributed by atoms with Gasteiger partial charge in [-0.3, -0.25) is 4.68 Å². The Balaban J connectivity index is 1.46. The molecular formula is C21H26N6. The Morgan fingerprint density at radius 1 is 1.19 bits per heavy atom. The van der Waals surface area contributed by atoms with Crippen molar-refractivity contribution in [3.63, 3.8) is 0 Å². The van der Waals surface area contributed by atoms with E-state index in [-0.39, 0.29) is 0 Å². The summed E-state index contributed by atoms with van der Waals surface area (Å²) in [7, 11) is 1.98. The van der Waals surface area contributed by atoms with Gasteiger partial charge in [0.15, 0.2) is 5.65 Å². The topological polar surface area (TPSA) is 68.5 Å². The molecule has 0 amide bonds. The van der Waals surface area contributed by atoms with Gasteiger partial charge >= 0.3 is 0 Å². The van der Waals surface area contributed by atoms with E-state index in [4.69, 9.17) is 4.98 Å². The quantitative estimate of drug-likeness (QED) is 0.755. The van der Waals surface area contributed by atoms with Crippen molar-refractivity contribution in [2.45, 2.75) is 51.5 Å². The van der Waals surface area contributed by atoms with E-state index in [2.05, 4.69) is 40.3 Å². The third-order valence-electron chi connectivity index (χ3n) is 6.29. The zero-order chi connectivity index (χ0) is 18.5. The summed E-state index contributed by atoms with van der Waals surface area (Å²) in [5.41, 5.74) is 3.91. The molecule has 140 valence electrons. The minimum Gasteiger partial charge on any atom is -0.351 e. The van der Waals surface area contributed by atoms with Gasteiger partial charge in [-0.25, -0.2) is 15.0 Å². The van der Waals surface area contributed by atoms with Crippen molar-refractivity contribution >= 4 is 17.0 Å². The Labute approximate surface area is 159 Å². The van der Waals surface area contributed by atoms with Crippen LogP contribution in [0.4, 0.5) is 5.95 Å². The summed E-state index contributed by atoms with van der Waals surface area (Å²) in [6, 6.07) is 4.65. The van der Waals surface area contributed by atoms with E-state index >= 15 is 0 Å². The van der Waals surface area contributed by atoms with E-state index in [0.29, 0.717) is 12.0 Å². The molecule has 6 nitrogen and oxygen atoms in total. The fourth-order valence-electron chi connectivity index (χ4n) is 5.10. The average molecular weight is 362 g/mol. The highest BCUT2D eigenvalue weighted by Gasteiger charge is 2.39. The van der Waals surface area contributed by atoms with Crippen LogP contribution in [0.15, 0.2) is 24.5 Å². The van der Waals surface area contributed by atoms with E-state index in [1.807, 2.05) is 30.2 Å². The summed E-state index contributed by atoms with van der Waals surface area (Å²) >= 11 is 0. The molecule has 2 aliphatic rings. The number of rotatable bonds is 4. The molecule has 0 aromatic carbocycles. The lowest BCUT2D eigenvalue weighted by Gasteiger charge is -2.22. The van der Waals surface area contributed by atoms with Crippen LogP contribution in [0.2, 0.25) is 0 Å². The maximum Gasteiger partial charge on any atom is 0.223 e. The molecule has 5 rings (SSSR count). The zero-order valence-corrected chi connectivity index (χ0v) is 16.2. The molecule has 2 aliphatic carbocycles. The van der Waals surface area contributed by atoms with Gasteiger partial charge in [-0.1, -0.05) is 20.3 Å². The number of aromatic nitrogens is 5. The van der Waals surface area contributed by atoms with Gasteiger partial charge in [-0.05, 0) is 49.1 Å². The van der Waals surface area contributed by atoms with Crippen molar-refractivity contribution in [2.24, 2.45) is 18.9 Å². The monoisotopic (exact) mass is 362 g/mol. The second-order valence-electron chi connectivity index (χ2n) is 8.45. The second-order valence-corrected chi connectivity index (χ2v) is 8.45. The first kappa shape index (κ1) is 16.7. The van der Waals surface area contributed by atoms with Gasteiger partial charge in [0.05, 0.1) is 11.4 Å².